The zero-order chi connectivity index (χ0) is 61.0. The minimum Gasteiger partial charge on any atom is -0.454 e. The largest absolute Gasteiger partial charge is 0.454 e. The van der Waals surface area contributed by atoms with Crippen LogP contribution in [0.5, 0.6) is 0 Å². The first-order valence-electron chi connectivity index (χ1n) is 34.9. The van der Waals surface area contributed by atoms with Gasteiger partial charge in [0.2, 0.25) is 5.91 Å². The highest BCUT2D eigenvalue weighted by atomic mass is 16.7. The van der Waals surface area contributed by atoms with E-state index in [0.29, 0.717) is 12.8 Å². The summed E-state index contributed by atoms with van der Waals surface area (Å²) < 4.78 is 17.7. The van der Waals surface area contributed by atoms with E-state index in [-0.39, 0.29) is 19.4 Å². The molecule has 1 aliphatic heterocycles. The van der Waals surface area contributed by atoms with Crippen LogP contribution < -0.4 is 5.32 Å². The van der Waals surface area contributed by atoms with Crippen LogP contribution in [0, 0.1) is 0 Å². The molecule has 1 fully saturated rings. The Bertz CT molecular complexity index is 1690. The van der Waals surface area contributed by atoms with Crippen molar-refractivity contribution in [3.63, 3.8) is 0 Å². The fraction of sp³-hybridized carbons (Fsp3) is 0.781. The molecule has 6 N–H and O–H groups in total. The Morgan fingerprint density at radius 1 is 0.476 bits per heavy atom. The van der Waals surface area contributed by atoms with E-state index in [1.807, 2.05) is 6.08 Å². The first-order chi connectivity index (χ1) is 41.2. The molecule has 1 rings (SSSR count). The normalized spacial score (nSPS) is 19.0. The van der Waals surface area contributed by atoms with Crippen LogP contribution in [0.4, 0.5) is 0 Å². The number of amides is 1. The molecule has 0 aromatic heterocycles. The molecule has 0 saturated carbocycles. The van der Waals surface area contributed by atoms with Gasteiger partial charge < -0.3 is 45.1 Å². The topological polar surface area (TPSA) is 175 Å². The maximum Gasteiger partial charge on any atom is 0.306 e. The van der Waals surface area contributed by atoms with Gasteiger partial charge in [0.25, 0.3) is 0 Å². The monoisotopic (exact) mass is 1180 g/mol. The van der Waals surface area contributed by atoms with E-state index in [2.05, 4.69) is 99.0 Å². The first kappa shape index (κ1) is 78.9. The van der Waals surface area contributed by atoms with E-state index in [9.17, 15) is 35.1 Å². The molecule has 8 unspecified atom stereocenters. The van der Waals surface area contributed by atoms with Crippen molar-refractivity contribution in [1.82, 2.24) is 5.32 Å². The second kappa shape index (κ2) is 60.1. The average Bonchev–Trinajstić information content (AvgIpc) is 3.52. The minimum atomic E-state index is -1.62. The first-order valence-corrected chi connectivity index (χ1v) is 34.9. The Kier molecular flexibility index (Phi) is 56.5. The standard InChI is InChI=1S/C73H129NO10/c1-4-7-10-13-16-19-22-25-27-29-31-33-34-35-37-39-41-43-46-49-52-55-58-61-68(78)84-71-70(80)69(79)67(62-75)83-73(71)82-63-64(65(76)59-56-53-50-47-44-24-21-18-15-12-9-6-3)74-72(81)66(77)60-57-54-51-48-45-42-40-38-36-32-30-28-26-23-20-17-14-11-8-5-2/h8,11,17,20,25-28,32,36,40,42,56,59,64-67,69-71,73,75-77,79-80H,4-7,9-10,12-16,18-19,21-24,29-31,33-35,37-39,41,43-55,57-58,60-63H2,1-3H3,(H,74,81)/b11-8-,20-17-,27-25+,28-26-,36-32-,42-40-,59-56+. The van der Waals surface area contributed by atoms with Gasteiger partial charge in [-0.1, -0.05) is 286 Å². The number of unbranched alkanes of at least 4 members (excludes halogenated alkanes) is 33. The summed E-state index contributed by atoms with van der Waals surface area (Å²) in [6.07, 6.45) is 69.1. The maximum atomic E-state index is 13.5. The predicted octanol–water partition coefficient (Wildman–Crippen LogP) is 17.7. The SMILES string of the molecule is CC/C=C\C/C=C\C/C=C\C/C=C\C/C=C\CCCCCCC(O)C(=O)NC(COC1OC(CO)C(O)C(O)C1OC(=O)CCCCCCCCCCCCCCC/C=C/CCCCCCCC)C(O)/C=C/CCCCCCCCCCCC. The molecule has 0 aromatic carbocycles. The number of ether oxygens (including phenoxy) is 3. The van der Waals surface area contributed by atoms with Gasteiger partial charge in [-0.2, -0.15) is 0 Å². The smallest absolute Gasteiger partial charge is 0.306 e. The van der Waals surface area contributed by atoms with Gasteiger partial charge in [-0.05, 0) is 96.3 Å². The predicted molar refractivity (Wildman–Crippen MR) is 352 cm³/mol. The summed E-state index contributed by atoms with van der Waals surface area (Å²) in [5.74, 6) is -1.21. The van der Waals surface area contributed by atoms with Crippen molar-refractivity contribution in [2.75, 3.05) is 13.2 Å². The molecule has 84 heavy (non-hydrogen) atoms. The Balaban J connectivity index is 2.61. The average molecular weight is 1180 g/mol. The summed E-state index contributed by atoms with van der Waals surface area (Å²) in [5.41, 5.74) is 0. The van der Waals surface area contributed by atoms with Crippen molar-refractivity contribution in [3.05, 3.63) is 85.1 Å². The molecule has 11 nitrogen and oxygen atoms in total. The summed E-state index contributed by atoms with van der Waals surface area (Å²) in [6.45, 7) is 5.68. The van der Waals surface area contributed by atoms with Crippen LogP contribution >= 0.6 is 0 Å². The van der Waals surface area contributed by atoms with Gasteiger partial charge in [0.05, 0.1) is 25.4 Å². The van der Waals surface area contributed by atoms with Crippen molar-refractivity contribution in [1.29, 1.82) is 0 Å². The van der Waals surface area contributed by atoms with E-state index in [1.165, 1.54) is 161 Å². The van der Waals surface area contributed by atoms with Gasteiger partial charge in [0.1, 0.15) is 24.4 Å². The summed E-state index contributed by atoms with van der Waals surface area (Å²) in [5, 5.41) is 57.2. The Labute approximate surface area is 514 Å². The third kappa shape index (κ3) is 47.0. The van der Waals surface area contributed by atoms with Gasteiger partial charge in [-0.3, -0.25) is 9.59 Å². The second-order valence-electron chi connectivity index (χ2n) is 23.9. The summed E-state index contributed by atoms with van der Waals surface area (Å²) in [7, 11) is 0. The molecule has 0 aromatic rings. The maximum absolute atomic E-state index is 13.5. The van der Waals surface area contributed by atoms with Gasteiger partial charge in [0.15, 0.2) is 12.4 Å². The van der Waals surface area contributed by atoms with Crippen molar-refractivity contribution in [2.24, 2.45) is 0 Å². The molecular formula is C73H129NO10. The van der Waals surface area contributed by atoms with Crippen LogP contribution in [0.15, 0.2) is 85.1 Å². The Hall–Kier alpha value is -3.16. The van der Waals surface area contributed by atoms with E-state index >= 15 is 0 Å². The lowest BCUT2D eigenvalue weighted by Gasteiger charge is -2.41. The van der Waals surface area contributed by atoms with Crippen LogP contribution in [-0.2, 0) is 23.8 Å². The van der Waals surface area contributed by atoms with Crippen LogP contribution in [0.1, 0.15) is 303 Å². The Morgan fingerprint density at radius 3 is 1.30 bits per heavy atom. The molecule has 0 spiro atoms. The number of esters is 1. The van der Waals surface area contributed by atoms with Gasteiger partial charge in [0, 0.05) is 6.42 Å². The van der Waals surface area contributed by atoms with Crippen LogP contribution in [0.3, 0.4) is 0 Å². The minimum absolute atomic E-state index is 0.119. The van der Waals surface area contributed by atoms with Crippen LogP contribution in [0.25, 0.3) is 0 Å². The number of rotatable bonds is 59. The molecule has 11 heteroatoms. The summed E-state index contributed by atoms with van der Waals surface area (Å²) in [6, 6.07) is -1.04. The quantitative estimate of drug-likeness (QED) is 0.0195. The number of nitrogens with one attached hydrogen (secondary N) is 1. The number of aliphatic hydroxyl groups is 5. The molecule has 0 bridgehead atoms. The number of hydrogen-bond donors (Lipinski definition) is 6. The highest BCUT2D eigenvalue weighted by molar-refractivity contribution is 5.80. The number of aliphatic hydroxyl groups excluding tert-OH is 5. The van der Waals surface area contributed by atoms with Gasteiger partial charge in [-0.25, -0.2) is 0 Å². The lowest BCUT2D eigenvalue weighted by Crippen LogP contribution is -2.61. The number of carbonyl (C=O) groups is 2. The Morgan fingerprint density at radius 2 is 0.857 bits per heavy atom. The molecule has 1 heterocycles. The second-order valence-corrected chi connectivity index (χ2v) is 23.9. The van der Waals surface area contributed by atoms with Crippen LogP contribution in [-0.4, -0.2) is 99.6 Å². The molecule has 0 aliphatic carbocycles. The third-order valence-electron chi connectivity index (χ3n) is 16.0. The van der Waals surface area contributed by atoms with Crippen molar-refractivity contribution >= 4 is 11.9 Å². The molecule has 1 aliphatic rings. The van der Waals surface area contributed by atoms with Gasteiger partial charge in [-0.15, -0.1) is 0 Å². The molecule has 0 radical (unpaired) electrons. The fourth-order valence-corrected chi connectivity index (χ4v) is 10.6. The molecule has 486 valence electrons. The van der Waals surface area contributed by atoms with E-state index in [4.69, 9.17) is 14.2 Å². The zero-order valence-corrected chi connectivity index (χ0v) is 54.0. The summed E-state index contributed by atoms with van der Waals surface area (Å²) in [4.78, 5) is 26.7. The van der Waals surface area contributed by atoms with Crippen molar-refractivity contribution < 1.29 is 49.3 Å². The lowest BCUT2D eigenvalue weighted by molar-refractivity contribution is -0.305. The highest BCUT2D eigenvalue weighted by Gasteiger charge is 2.47. The number of carbonyl (C=O) groups excluding carboxylic acids is 2. The molecule has 1 amide bonds. The van der Waals surface area contributed by atoms with Gasteiger partial charge >= 0.3 is 5.97 Å². The van der Waals surface area contributed by atoms with Crippen molar-refractivity contribution in [2.45, 2.75) is 352 Å². The summed E-state index contributed by atoms with van der Waals surface area (Å²) >= 11 is 0. The highest BCUT2D eigenvalue weighted by Crippen LogP contribution is 2.26. The van der Waals surface area contributed by atoms with E-state index < -0.39 is 67.4 Å². The van der Waals surface area contributed by atoms with E-state index in [0.717, 1.165) is 96.3 Å². The number of allylic oxidation sites excluding steroid dienone is 13. The molecule has 1 saturated heterocycles. The lowest BCUT2D eigenvalue weighted by atomic mass is 9.99. The zero-order valence-electron chi connectivity index (χ0n) is 54.0. The molecule has 8 atom stereocenters. The molecular weight excluding hydrogens is 1050 g/mol. The third-order valence-corrected chi connectivity index (χ3v) is 16.0. The number of hydrogen-bond acceptors (Lipinski definition) is 10. The fourth-order valence-electron chi connectivity index (χ4n) is 10.6. The van der Waals surface area contributed by atoms with E-state index in [1.54, 1.807) is 6.08 Å². The van der Waals surface area contributed by atoms with Crippen molar-refractivity contribution in [3.8, 4) is 0 Å². The van der Waals surface area contributed by atoms with Crippen LogP contribution in [0.2, 0.25) is 0 Å².